The highest BCUT2D eigenvalue weighted by molar-refractivity contribution is 5.76. The van der Waals surface area contributed by atoms with Gasteiger partial charge in [0.2, 0.25) is 0 Å². The summed E-state index contributed by atoms with van der Waals surface area (Å²) in [6, 6.07) is 1.63. The zero-order valence-electron chi connectivity index (χ0n) is 9.37. The Kier molecular flexibility index (Phi) is 4.53. The van der Waals surface area contributed by atoms with Crippen LogP contribution < -0.4 is 0 Å². The molecule has 1 N–H and O–H groups in total. The summed E-state index contributed by atoms with van der Waals surface area (Å²) in [5.74, 6) is -2.70. The van der Waals surface area contributed by atoms with Crippen LogP contribution in [-0.2, 0) is 20.9 Å². The highest BCUT2D eigenvalue weighted by Gasteiger charge is 2.23. The first-order valence-electron chi connectivity index (χ1n) is 4.74. The predicted molar refractivity (Wildman–Crippen MR) is 54.0 cm³/mol. The van der Waals surface area contributed by atoms with E-state index in [1.165, 1.54) is 7.11 Å². The molecule has 94 valence electrons. The molecule has 0 heterocycles. The molecule has 0 saturated heterocycles. The quantitative estimate of drug-likeness (QED) is 0.814. The fourth-order valence-corrected chi connectivity index (χ4v) is 1.32. The van der Waals surface area contributed by atoms with Crippen molar-refractivity contribution in [1.82, 2.24) is 0 Å². The van der Waals surface area contributed by atoms with Gasteiger partial charge in [0, 0.05) is 18.2 Å². The lowest BCUT2D eigenvalue weighted by Gasteiger charge is -2.11. The van der Waals surface area contributed by atoms with Crippen molar-refractivity contribution in [3.05, 3.63) is 34.9 Å². The van der Waals surface area contributed by atoms with Gasteiger partial charge >= 0.3 is 5.97 Å². The molecule has 1 unspecified atom stereocenters. The third kappa shape index (κ3) is 2.98. The fourth-order valence-electron chi connectivity index (χ4n) is 1.32. The van der Waals surface area contributed by atoms with Crippen molar-refractivity contribution < 1.29 is 28.2 Å². The van der Waals surface area contributed by atoms with Gasteiger partial charge in [-0.15, -0.1) is 0 Å². The molecule has 0 spiro atoms. The Morgan fingerprint density at radius 1 is 1.35 bits per heavy atom. The highest BCUT2D eigenvalue weighted by Crippen LogP contribution is 2.22. The number of aliphatic hydroxyl groups is 1. The normalized spacial score (nSPS) is 12.3. The molecule has 0 radical (unpaired) electrons. The van der Waals surface area contributed by atoms with E-state index < -0.39 is 29.3 Å². The molecule has 0 saturated carbocycles. The molecule has 1 aromatic carbocycles. The van der Waals surface area contributed by atoms with Crippen LogP contribution in [-0.4, -0.2) is 25.3 Å². The second-order valence-electron chi connectivity index (χ2n) is 3.32. The number of halogens is 2. The minimum absolute atomic E-state index is 0.00539. The average Bonchev–Trinajstić information content (AvgIpc) is 2.31. The summed E-state index contributed by atoms with van der Waals surface area (Å²) < 4.78 is 35.9. The summed E-state index contributed by atoms with van der Waals surface area (Å²) in [5, 5.41) is 9.40. The molecule has 0 aliphatic carbocycles. The van der Waals surface area contributed by atoms with Gasteiger partial charge in [0.05, 0.1) is 13.7 Å². The number of benzene rings is 1. The molecule has 0 fully saturated rings. The Balaban J connectivity index is 3.10. The van der Waals surface area contributed by atoms with Gasteiger partial charge in [0.25, 0.3) is 0 Å². The summed E-state index contributed by atoms with van der Waals surface area (Å²) in [6.45, 7) is -0.0998. The molecule has 1 aromatic rings. The lowest BCUT2D eigenvalue weighted by Crippen LogP contribution is -2.15. The molecule has 0 aliphatic rings. The van der Waals surface area contributed by atoms with Gasteiger partial charge in [-0.1, -0.05) is 0 Å². The third-order valence-electron chi connectivity index (χ3n) is 2.18. The van der Waals surface area contributed by atoms with Crippen LogP contribution in [0.2, 0.25) is 0 Å². The summed E-state index contributed by atoms with van der Waals surface area (Å²) >= 11 is 0. The smallest absolute Gasteiger partial charge is 0.339 e. The van der Waals surface area contributed by atoms with Crippen LogP contribution in [0.25, 0.3) is 0 Å². The molecule has 0 aliphatic heterocycles. The number of methoxy groups -OCH3 is 2. The van der Waals surface area contributed by atoms with Crippen LogP contribution in [0.15, 0.2) is 12.1 Å². The lowest BCUT2D eigenvalue weighted by atomic mass is 10.1. The maximum atomic E-state index is 13.5. The summed E-state index contributed by atoms with van der Waals surface area (Å²) in [6.07, 6.45) is -1.84. The van der Waals surface area contributed by atoms with E-state index in [2.05, 4.69) is 9.47 Å². The predicted octanol–water partition coefficient (Wildman–Crippen LogP) is 1.32. The zero-order valence-corrected chi connectivity index (χ0v) is 9.37. The molecule has 4 nitrogen and oxygen atoms in total. The third-order valence-corrected chi connectivity index (χ3v) is 2.18. The first-order valence-corrected chi connectivity index (χ1v) is 4.74. The fraction of sp³-hybridized carbons (Fsp3) is 0.364. The van der Waals surface area contributed by atoms with Gasteiger partial charge in [-0.3, -0.25) is 0 Å². The number of ether oxygens (including phenoxy) is 2. The van der Waals surface area contributed by atoms with E-state index in [9.17, 15) is 18.7 Å². The minimum Gasteiger partial charge on any atom is -0.467 e. The van der Waals surface area contributed by atoms with Gasteiger partial charge in [-0.05, 0) is 12.1 Å². The summed E-state index contributed by atoms with van der Waals surface area (Å²) in [5.41, 5.74) is -0.458. The van der Waals surface area contributed by atoms with Crippen LogP contribution >= 0.6 is 0 Å². The molecule has 1 atom stereocenters. The molecular weight excluding hydrogens is 234 g/mol. The average molecular weight is 246 g/mol. The first-order chi connectivity index (χ1) is 8.01. The van der Waals surface area contributed by atoms with E-state index in [0.29, 0.717) is 0 Å². The Labute approximate surface area is 96.8 Å². The number of esters is 1. The zero-order chi connectivity index (χ0) is 13.0. The Morgan fingerprint density at radius 3 is 2.53 bits per heavy atom. The molecular formula is C11H12F2O4. The number of hydrogen-bond acceptors (Lipinski definition) is 4. The van der Waals surface area contributed by atoms with Crippen molar-refractivity contribution >= 4 is 5.97 Å². The largest absolute Gasteiger partial charge is 0.467 e. The summed E-state index contributed by atoms with van der Waals surface area (Å²) in [4.78, 5) is 11.0. The number of rotatable bonds is 4. The molecule has 6 heteroatoms. The monoisotopic (exact) mass is 246 g/mol. The van der Waals surface area contributed by atoms with Gasteiger partial charge < -0.3 is 14.6 Å². The van der Waals surface area contributed by atoms with Crippen molar-refractivity contribution in [2.24, 2.45) is 0 Å². The Bertz CT molecular complexity index is 420. The minimum atomic E-state index is -1.84. The summed E-state index contributed by atoms with van der Waals surface area (Å²) in [7, 11) is 2.38. The van der Waals surface area contributed by atoms with Crippen LogP contribution in [0.3, 0.4) is 0 Å². The van der Waals surface area contributed by atoms with E-state index in [-0.39, 0.29) is 12.2 Å². The first kappa shape index (κ1) is 13.5. The second-order valence-corrected chi connectivity index (χ2v) is 3.32. The standard InChI is InChI=1S/C11H12F2O4/c1-16-5-6-3-9(13)7(4-8(6)12)10(14)11(15)17-2/h3-4,10,14H,5H2,1-2H3. The number of aliphatic hydroxyl groups excluding tert-OH is 1. The van der Waals surface area contributed by atoms with Crippen LogP contribution in [0.1, 0.15) is 17.2 Å². The van der Waals surface area contributed by atoms with Gasteiger partial charge in [0.1, 0.15) is 11.6 Å². The maximum absolute atomic E-state index is 13.5. The SMILES string of the molecule is COCc1cc(F)c(C(O)C(=O)OC)cc1F. The molecule has 0 bridgehead atoms. The van der Waals surface area contributed by atoms with Crippen molar-refractivity contribution in [3.63, 3.8) is 0 Å². The molecule has 17 heavy (non-hydrogen) atoms. The van der Waals surface area contributed by atoms with E-state index in [0.717, 1.165) is 19.2 Å². The Morgan fingerprint density at radius 2 is 2.00 bits per heavy atom. The van der Waals surface area contributed by atoms with Gasteiger partial charge in [-0.25, -0.2) is 13.6 Å². The van der Waals surface area contributed by atoms with E-state index >= 15 is 0 Å². The van der Waals surface area contributed by atoms with Crippen molar-refractivity contribution in [3.8, 4) is 0 Å². The number of hydrogen-bond donors (Lipinski definition) is 1. The van der Waals surface area contributed by atoms with Crippen LogP contribution in [0.5, 0.6) is 0 Å². The number of carbonyl (C=O) groups excluding carboxylic acids is 1. The molecule has 0 aromatic heterocycles. The van der Waals surface area contributed by atoms with E-state index in [1.54, 1.807) is 0 Å². The van der Waals surface area contributed by atoms with E-state index in [1.807, 2.05) is 0 Å². The molecule has 1 rings (SSSR count). The van der Waals surface area contributed by atoms with Gasteiger partial charge in [-0.2, -0.15) is 0 Å². The second kappa shape index (κ2) is 5.70. The van der Waals surface area contributed by atoms with Crippen LogP contribution in [0.4, 0.5) is 8.78 Å². The van der Waals surface area contributed by atoms with Crippen LogP contribution in [0, 0.1) is 11.6 Å². The molecule has 0 amide bonds. The maximum Gasteiger partial charge on any atom is 0.339 e. The topological polar surface area (TPSA) is 55.8 Å². The Hall–Kier alpha value is -1.53. The van der Waals surface area contributed by atoms with Gasteiger partial charge in [0.15, 0.2) is 6.10 Å². The van der Waals surface area contributed by atoms with Crippen molar-refractivity contribution in [2.45, 2.75) is 12.7 Å². The number of carbonyl (C=O) groups is 1. The lowest BCUT2D eigenvalue weighted by molar-refractivity contribution is -0.150. The van der Waals surface area contributed by atoms with Crippen molar-refractivity contribution in [1.29, 1.82) is 0 Å². The highest BCUT2D eigenvalue weighted by atomic mass is 19.1. The van der Waals surface area contributed by atoms with Crippen molar-refractivity contribution in [2.75, 3.05) is 14.2 Å². The van der Waals surface area contributed by atoms with E-state index in [4.69, 9.17) is 0 Å².